The Hall–Kier alpha value is -2.89. The summed E-state index contributed by atoms with van der Waals surface area (Å²) in [5.41, 5.74) is 1.54. The molecule has 1 N–H and O–H groups in total. The van der Waals surface area contributed by atoms with E-state index in [0.717, 1.165) is 5.56 Å². The molecule has 0 spiro atoms. The molecule has 1 aliphatic heterocycles. The summed E-state index contributed by atoms with van der Waals surface area (Å²) in [5, 5.41) is 2.79. The molecule has 25 heavy (non-hydrogen) atoms. The number of nitrogens with one attached hydrogen (secondary N) is 1. The van der Waals surface area contributed by atoms with E-state index in [9.17, 15) is 14.0 Å². The number of ether oxygens (including phenoxy) is 1. The van der Waals surface area contributed by atoms with Gasteiger partial charge in [0.05, 0.1) is 6.04 Å². The van der Waals surface area contributed by atoms with Crippen LogP contribution in [0.5, 0.6) is 5.75 Å². The fourth-order valence-electron chi connectivity index (χ4n) is 2.82. The Labute approximate surface area is 145 Å². The molecule has 0 radical (unpaired) electrons. The van der Waals surface area contributed by atoms with Crippen LogP contribution in [-0.4, -0.2) is 31.0 Å². The number of nitrogens with zero attached hydrogens (tertiary/aromatic N) is 1. The van der Waals surface area contributed by atoms with Crippen molar-refractivity contribution in [2.45, 2.75) is 19.4 Å². The maximum absolute atomic E-state index is 13.3. The lowest BCUT2D eigenvalue weighted by Gasteiger charge is -2.17. The van der Waals surface area contributed by atoms with Gasteiger partial charge in [-0.3, -0.25) is 9.59 Å². The highest BCUT2D eigenvalue weighted by molar-refractivity contribution is 5.96. The zero-order valence-corrected chi connectivity index (χ0v) is 13.9. The second-order valence-corrected chi connectivity index (χ2v) is 6.06. The predicted octanol–water partition coefficient (Wildman–Crippen LogP) is 2.43. The number of hydrogen-bond acceptors (Lipinski definition) is 3. The minimum Gasteiger partial charge on any atom is -0.484 e. The molecule has 2 aromatic carbocycles. The van der Waals surface area contributed by atoms with Crippen LogP contribution in [0.25, 0.3) is 0 Å². The second kappa shape index (κ2) is 7.34. The molecular formula is C19H19FN2O3. The molecule has 130 valence electrons. The summed E-state index contributed by atoms with van der Waals surface area (Å²) < 4.78 is 18.8. The van der Waals surface area contributed by atoms with Crippen molar-refractivity contribution in [1.82, 2.24) is 5.32 Å². The number of halogens is 1. The minimum atomic E-state index is -0.399. The Bertz CT molecular complexity index is 794. The standard InChI is InChI=1S/C19H19FN2O3/c1-13-4-2-7-17(8-13)25-12-18(23)21-15-10-19(24)22(11-15)16-6-3-5-14(20)9-16/h2-9,15H,10-12H2,1H3,(H,21,23). The van der Waals surface area contributed by atoms with Crippen LogP contribution in [0.2, 0.25) is 0 Å². The molecule has 2 amide bonds. The monoisotopic (exact) mass is 342 g/mol. The van der Waals surface area contributed by atoms with Crippen LogP contribution in [0.1, 0.15) is 12.0 Å². The molecule has 0 bridgehead atoms. The van der Waals surface area contributed by atoms with Crippen molar-refractivity contribution in [3.63, 3.8) is 0 Å². The SMILES string of the molecule is Cc1cccc(OCC(=O)NC2CC(=O)N(c3cccc(F)c3)C2)c1. The molecule has 1 unspecified atom stereocenters. The van der Waals surface area contributed by atoms with Gasteiger partial charge in [0.1, 0.15) is 11.6 Å². The second-order valence-electron chi connectivity index (χ2n) is 6.06. The molecule has 0 saturated carbocycles. The Balaban J connectivity index is 1.53. The smallest absolute Gasteiger partial charge is 0.258 e. The molecule has 1 atom stereocenters. The van der Waals surface area contributed by atoms with Crippen molar-refractivity contribution in [3.8, 4) is 5.75 Å². The van der Waals surface area contributed by atoms with Crippen molar-refractivity contribution < 1.29 is 18.7 Å². The molecule has 2 aromatic rings. The number of carbonyl (C=O) groups is 2. The lowest BCUT2D eigenvalue weighted by molar-refractivity contribution is -0.123. The molecule has 1 heterocycles. The molecule has 3 rings (SSSR count). The van der Waals surface area contributed by atoms with Gasteiger partial charge in [0.2, 0.25) is 5.91 Å². The fraction of sp³-hybridized carbons (Fsp3) is 0.263. The third-order valence-corrected chi connectivity index (χ3v) is 3.97. The van der Waals surface area contributed by atoms with Crippen LogP contribution in [0.3, 0.4) is 0 Å². The van der Waals surface area contributed by atoms with Crippen LogP contribution < -0.4 is 15.0 Å². The largest absolute Gasteiger partial charge is 0.484 e. The molecular weight excluding hydrogens is 323 g/mol. The summed E-state index contributed by atoms with van der Waals surface area (Å²) >= 11 is 0. The Kier molecular flexibility index (Phi) is 4.97. The zero-order chi connectivity index (χ0) is 17.8. The highest BCUT2D eigenvalue weighted by Crippen LogP contribution is 2.22. The van der Waals surface area contributed by atoms with E-state index in [-0.39, 0.29) is 30.9 Å². The summed E-state index contributed by atoms with van der Waals surface area (Å²) in [7, 11) is 0. The van der Waals surface area contributed by atoms with Gasteiger partial charge in [-0.2, -0.15) is 0 Å². The van der Waals surface area contributed by atoms with Gasteiger partial charge < -0.3 is 15.0 Å². The van der Waals surface area contributed by atoms with Crippen LogP contribution in [-0.2, 0) is 9.59 Å². The van der Waals surface area contributed by atoms with E-state index in [1.807, 2.05) is 25.1 Å². The predicted molar refractivity (Wildman–Crippen MR) is 92.0 cm³/mol. The minimum absolute atomic E-state index is 0.117. The van der Waals surface area contributed by atoms with E-state index in [1.165, 1.54) is 17.0 Å². The first-order valence-corrected chi connectivity index (χ1v) is 8.06. The van der Waals surface area contributed by atoms with E-state index in [1.54, 1.807) is 18.2 Å². The zero-order valence-electron chi connectivity index (χ0n) is 13.9. The number of rotatable bonds is 5. The average Bonchev–Trinajstić information content (AvgIpc) is 2.93. The molecule has 1 aliphatic rings. The van der Waals surface area contributed by atoms with Crippen molar-refractivity contribution in [3.05, 3.63) is 59.9 Å². The number of benzene rings is 2. The maximum Gasteiger partial charge on any atom is 0.258 e. The molecule has 0 aliphatic carbocycles. The van der Waals surface area contributed by atoms with Crippen molar-refractivity contribution >= 4 is 17.5 Å². The summed E-state index contributed by atoms with van der Waals surface area (Å²) in [5.74, 6) is -0.209. The topological polar surface area (TPSA) is 58.6 Å². The highest BCUT2D eigenvalue weighted by atomic mass is 19.1. The van der Waals surface area contributed by atoms with E-state index in [2.05, 4.69) is 5.32 Å². The normalized spacial score (nSPS) is 16.8. The van der Waals surface area contributed by atoms with Crippen LogP contribution >= 0.6 is 0 Å². The van der Waals surface area contributed by atoms with Gasteiger partial charge in [0, 0.05) is 18.7 Å². The Morgan fingerprint density at radius 2 is 2.08 bits per heavy atom. The third-order valence-electron chi connectivity index (χ3n) is 3.97. The van der Waals surface area contributed by atoms with Crippen LogP contribution in [0.4, 0.5) is 10.1 Å². The maximum atomic E-state index is 13.3. The van der Waals surface area contributed by atoms with Gasteiger partial charge in [-0.05, 0) is 42.8 Å². The van der Waals surface area contributed by atoms with E-state index >= 15 is 0 Å². The van der Waals surface area contributed by atoms with E-state index < -0.39 is 5.82 Å². The first kappa shape index (κ1) is 17.0. The summed E-state index contributed by atoms with van der Waals surface area (Å²) in [6.45, 7) is 2.14. The van der Waals surface area contributed by atoms with Crippen molar-refractivity contribution in [2.24, 2.45) is 0 Å². The molecule has 1 saturated heterocycles. The lowest BCUT2D eigenvalue weighted by atomic mass is 10.2. The number of carbonyl (C=O) groups excluding carboxylic acids is 2. The highest BCUT2D eigenvalue weighted by Gasteiger charge is 2.31. The number of amides is 2. The average molecular weight is 342 g/mol. The van der Waals surface area contributed by atoms with Gasteiger partial charge >= 0.3 is 0 Å². The van der Waals surface area contributed by atoms with E-state index in [4.69, 9.17) is 4.74 Å². The Morgan fingerprint density at radius 1 is 1.28 bits per heavy atom. The number of anilines is 1. The van der Waals surface area contributed by atoms with Crippen LogP contribution in [0, 0.1) is 12.7 Å². The molecule has 0 aromatic heterocycles. The van der Waals surface area contributed by atoms with Gasteiger partial charge in [0.15, 0.2) is 6.61 Å². The Morgan fingerprint density at radius 3 is 2.84 bits per heavy atom. The first-order valence-electron chi connectivity index (χ1n) is 8.06. The lowest BCUT2D eigenvalue weighted by Crippen LogP contribution is -2.39. The number of hydrogen-bond donors (Lipinski definition) is 1. The molecule has 6 heteroatoms. The third kappa shape index (κ3) is 4.35. The number of aryl methyl sites for hydroxylation is 1. The summed E-state index contributed by atoms with van der Waals surface area (Å²) in [6.07, 6.45) is 0.187. The van der Waals surface area contributed by atoms with Gasteiger partial charge in [0.25, 0.3) is 5.91 Å². The van der Waals surface area contributed by atoms with Crippen molar-refractivity contribution in [2.75, 3.05) is 18.1 Å². The fourth-order valence-corrected chi connectivity index (χ4v) is 2.82. The van der Waals surface area contributed by atoms with Gasteiger partial charge in [-0.15, -0.1) is 0 Å². The summed E-state index contributed by atoms with van der Waals surface area (Å²) in [4.78, 5) is 25.6. The van der Waals surface area contributed by atoms with Gasteiger partial charge in [-0.1, -0.05) is 18.2 Å². The summed E-state index contributed by atoms with van der Waals surface area (Å²) in [6, 6.07) is 13.0. The molecule has 5 nitrogen and oxygen atoms in total. The van der Waals surface area contributed by atoms with E-state index in [0.29, 0.717) is 18.0 Å². The first-order chi connectivity index (χ1) is 12.0. The molecule has 1 fully saturated rings. The quantitative estimate of drug-likeness (QED) is 0.908. The van der Waals surface area contributed by atoms with Crippen LogP contribution in [0.15, 0.2) is 48.5 Å². The van der Waals surface area contributed by atoms with Gasteiger partial charge in [-0.25, -0.2) is 4.39 Å². The van der Waals surface area contributed by atoms with Crippen molar-refractivity contribution in [1.29, 1.82) is 0 Å².